The highest BCUT2D eigenvalue weighted by atomic mass is 35.5. The van der Waals surface area contributed by atoms with Crippen molar-refractivity contribution in [1.29, 1.82) is 0 Å². The molecule has 0 aromatic carbocycles. The van der Waals surface area contributed by atoms with Crippen molar-refractivity contribution in [2.24, 2.45) is 22.2 Å². The first-order chi connectivity index (χ1) is 9.99. The van der Waals surface area contributed by atoms with E-state index in [4.69, 9.17) is 17.3 Å². The number of nitrogens with zero attached hydrogens (tertiary/aromatic N) is 3. The van der Waals surface area contributed by atoms with E-state index < -0.39 is 17.6 Å². The van der Waals surface area contributed by atoms with Gasteiger partial charge in [0.2, 0.25) is 5.28 Å². The molecule has 1 unspecified atom stereocenters. The Kier molecular flexibility index (Phi) is 2.63. The molecule has 3 aliphatic rings. The minimum absolute atomic E-state index is 0.0407. The molecule has 2 heterocycles. The van der Waals surface area contributed by atoms with Crippen molar-refractivity contribution in [1.82, 2.24) is 9.97 Å². The van der Waals surface area contributed by atoms with Crippen LogP contribution < -0.4 is 5.73 Å². The molecule has 21 heavy (non-hydrogen) atoms. The summed E-state index contributed by atoms with van der Waals surface area (Å²) in [6.07, 6.45) is 0.525. The maximum absolute atomic E-state index is 10.3. The van der Waals surface area contributed by atoms with Crippen LogP contribution in [0.1, 0.15) is 18.0 Å². The maximum Gasteiger partial charge on any atom is 0.224 e. The number of nitrogen functional groups attached to an aromatic ring is 1. The Bertz CT molecular complexity index is 655. The Hall–Kier alpha value is -1.28. The van der Waals surface area contributed by atoms with Crippen molar-refractivity contribution in [3.05, 3.63) is 11.0 Å². The van der Waals surface area contributed by atoms with E-state index in [1.54, 1.807) is 6.21 Å². The van der Waals surface area contributed by atoms with E-state index in [1.165, 1.54) is 0 Å². The molecule has 5 N–H and O–H groups in total. The number of aliphatic hydroxyl groups is 3. The van der Waals surface area contributed by atoms with E-state index in [0.717, 1.165) is 0 Å². The van der Waals surface area contributed by atoms with Gasteiger partial charge in [-0.2, -0.15) is 4.98 Å². The SMILES string of the molecule is Nc1nc(Cl)nc2c1N=CC2[C@H]1[C@H](O)[C@H](O)[C@]2(CO)C[C@H]12. The van der Waals surface area contributed by atoms with Crippen molar-refractivity contribution in [2.45, 2.75) is 24.5 Å². The van der Waals surface area contributed by atoms with E-state index in [2.05, 4.69) is 15.0 Å². The van der Waals surface area contributed by atoms with Crippen LogP contribution in [-0.4, -0.2) is 50.3 Å². The molecule has 2 aliphatic carbocycles. The van der Waals surface area contributed by atoms with Gasteiger partial charge in [-0.3, -0.25) is 4.99 Å². The second-order valence-electron chi connectivity index (χ2n) is 6.13. The third-order valence-electron chi connectivity index (χ3n) is 5.25. The molecule has 7 nitrogen and oxygen atoms in total. The number of nitrogens with two attached hydrogens (primary N) is 1. The first-order valence-electron chi connectivity index (χ1n) is 6.83. The fraction of sp³-hybridized carbons (Fsp3) is 0.615. The monoisotopic (exact) mass is 310 g/mol. The molecule has 1 aliphatic heterocycles. The normalized spacial score (nSPS) is 43.0. The van der Waals surface area contributed by atoms with Gasteiger partial charge in [0.25, 0.3) is 0 Å². The number of aliphatic hydroxyl groups excluding tert-OH is 3. The average molecular weight is 311 g/mol. The molecule has 4 rings (SSSR count). The zero-order valence-corrected chi connectivity index (χ0v) is 11.8. The first kappa shape index (κ1) is 13.4. The van der Waals surface area contributed by atoms with Crippen LogP contribution in [0, 0.1) is 17.3 Å². The molecule has 2 fully saturated rings. The van der Waals surface area contributed by atoms with Crippen molar-refractivity contribution in [3.63, 3.8) is 0 Å². The van der Waals surface area contributed by atoms with E-state index in [1.807, 2.05) is 0 Å². The molecule has 0 bridgehead atoms. The van der Waals surface area contributed by atoms with Crippen LogP contribution in [-0.2, 0) is 0 Å². The summed E-state index contributed by atoms with van der Waals surface area (Å²) < 4.78 is 0. The van der Waals surface area contributed by atoms with Gasteiger partial charge in [0.1, 0.15) is 5.69 Å². The van der Waals surface area contributed by atoms with Crippen molar-refractivity contribution >= 4 is 29.3 Å². The number of fused-ring (bicyclic) bond motifs is 2. The van der Waals surface area contributed by atoms with Gasteiger partial charge in [0.15, 0.2) is 5.82 Å². The minimum Gasteiger partial charge on any atom is -0.396 e. The largest absolute Gasteiger partial charge is 0.396 e. The third kappa shape index (κ3) is 1.57. The molecule has 0 spiro atoms. The van der Waals surface area contributed by atoms with Crippen LogP contribution in [0.5, 0.6) is 0 Å². The van der Waals surface area contributed by atoms with Gasteiger partial charge >= 0.3 is 0 Å². The lowest BCUT2D eigenvalue weighted by Gasteiger charge is -2.25. The number of aromatic nitrogens is 2. The van der Waals surface area contributed by atoms with Gasteiger partial charge in [-0.15, -0.1) is 0 Å². The lowest BCUT2D eigenvalue weighted by atomic mass is 9.84. The van der Waals surface area contributed by atoms with Gasteiger partial charge in [-0.05, 0) is 23.9 Å². The molecule has 0 amide bonds. The summed E-state index contributed by atoms with van der Waals surface area (Å²) in [4.78, 5) is 12.3. The number of rotatable bonds is 2. The van der Waals surface area contributed by atoms with E-state index in [0.29, 0.717) is 17.8 Å². The first-order valence-corrected chi connectivity index (χ1v) is 7.21. The van der Waals surface area contributed by atoms with Gasteiger partial charge in [0.05, 0.1) is 24.5 Å². The Morgan fingerprint density at radius 3 is 2.81 bits per heavy atom. The Morgan fingerprint density at radius 2 is 2.14 bits per heavy atom. The quantitative estimate of drug-likeness (QED) is 0.564. The molecule has 0 saturated heterocycles. The van der Waals surface area contributed by atoms with Crippen LogP contribution >= 0.6 is 11.6 Å². The highest BCUT2D eigenvalue weighted by Gasteiger charge is 2.71. The summed E-state index contributed by atoms with van der Waals surface area (Å²) >= 11 is 5.86. The standard InChI is InChI=1S/C13H15ClN4O3/c14-12-17-7-4(2-16-8(7)11(15)18-12)6-5-1-13(5,3-19)10(21)9(6)20/h2,4-6,9-10,19-21H,1,3H2,(H2,15,17,18)/t4?,5-,6-,9+,10+,13+/m1/s1. The van der Waals surface area contributed by atoms with Crippen molar-refractivity contribution in [2.75, 3.05) is 12.3 Å². The molecule has 1 aromatic rings. The lowest BCUT2D eigenvalue weighted by Crippen LogP contribution is -2.36. The summed E-state index contributed by atoms with van der Waals surface area (Å²) in [6.45, 7) is -0.129. The molecule has 6 atom stereocenters. The third-order valence-corrected chi connectivity index (χ3v) is 5.42. The zero-order valence-electron chi connectivity index (χ0n) is 11.0. The number of hydrogen-bond acceptors (Lipinski definition) is 7. The average Bonchev–Trinajstić information content (AvgIpc) is 2.97. The van der Waals surface area contributed by atoms with Gasteiger partial charge in [-0.1, -0.05) is 0 Å². The van der Waals surface area contributed by atoms with Crippen LogP contribution in [0.15, 0.2) is 4.99 Å². The fourth-order valence-electron chi connectivity index (χ4n) is 4.07. The highest BCUT2D eigenvalue weighted by Crippen LogP contribution is 2.68. The molecule has 1 aromatic heterocycles. The van der Waals surface area contributed by atoms with Crippen LogP contribution in [0.4, 0.5) is 11.5 Å². The Morgan fingerprint density at radius 1 is 1.38 bits per heavy atom. The minimum atomic E-state index is -0.926. The highest BCUT2D eigenvalue weighted by molar-refractivity contribution is 6.28. The molecular weight excluding hydrogens is 296 g/mol. The van der Waals surface area contributed by atoms with Crippen LogP contribution in [0.3, 0.4) is 0 Å². The van der Waals surface area contributed by atoms with Gasteiger partial charge in [0, 0.05) is 23.5 Å². The number of aliphatic imine (C=N–C) groups is 1. The van der Waals surface area contributed by atoms with E-state index >= 15 is 0 Å². The molecule has 2 saturated carbocycles. The fourth-order valence-corrected chi connectivity index (χ4v) is 4.25. The van der Waals surface area contributed by atoms with E-state index in [-0.39, 0.29) is 35.5 Å². The number of hydrogen-bond donors (Lipinski definition) is 4. The second-order valence-corrected chi connectivity index (χ2v) is 6.47. The van der Waals surface area contributed by atoms with E-state index in [9.17, 15) is 15.3 Å². The zero-order chi connectivity index (χ0) is 14.9. The van der Waals surface area contributed by atoms with Gasteiger partial charge < -0.3 is 21.1 Å². The molecular formula is C13H15ClN4O3. The molecule has 112 valence electrons. The summed E-state index contributed by atoms with van der Waals surface area (Å²) in [6, 6.07) is 0. The predicted molar refractivity (Wildman–Crippen MR) is 75.5 cm³/mol. The summed E-state index contributed by atoms with van der Waals surface area (Å²) in [5.74, 6) is -0.262. The second kappa shape index (κ2) is 4.13. The molecule has 0 radical (unpaired) electrons. The predicted octanol–water partition coefficient (Wildman–Crippen LogP) is -0.138. The Labute approximate surface area is 125 Å². The van der Waals surface area contributed by atoms with Crippen LogP contribution in [0.2, 0.25) is 5.28 Å². The number of anilines is 1. The smallest absolute Gasteiger partial charge is 0.224 e. The van der Waals surface area contributed by atoms with Crippen LogP contribution in [0.25, 0.3) is 0 Å². The van der Waals surface area contributed by atoms with Crippen molar-refractivity contribution < 1.29 is 15.3 Å². The lowest BCUT2D eigenvalue weighted by molar-refractivity contribution is -0.0335. The topological polar surface area (TPSA) is 125 Å². The maximum atomic E-state index is 10.3. The Balaban J connectivity index is 1.74. The summed E-state index contributed by atoms with van der Waals surface area (Å²) in [5, 5.41) is 30.1. The number of halogens is 1. The summed E-state index contributed by atoms with van der Waals surface area (Å²) in [7, 11) is 0. The molecule has 8 heteroatoms. The summed E-state index contributed by atoms with van der Waals surface area (Å²) in [5.41, 5.74) is 6.28. The van der Waals surface area contributed by atoms with Gasteiger partial charge in [-0.25, -0.2) is 4.98 Å². The van der Waals surface area contributed by atoms with Crippen molar-refractivity contribution in [3.8, 4) is 0 Å².